The van der Waals surface area contributed by atoms with Crippen LogP contribution in [-0.4, -0.2) is 57.4 Å². The summed E-state index contributed by atoms with van der Waals surface area (Å²) in [6.07, 6.45) is -11.8. The van der Waals surface area contributed by atoms with E-state index in [1.165, 1.54) is 0 Å². The van der Waals surface area contributed by atoms with E-state index in [1.54, 1.807) is 0 Å². The van der Waals surface area contributed by atoms with Gasteiger partial charge in [0.15, 0.2) is 0 Å². The molecule has 0 aromatic heterocycles. The number of anilines is 1. The number of hydrogen-bond donors (Lipinski definition) is 3. The summed E-state index contributed by atoms with van der Waals surface area (Å²) in [5, 5.41) is 31.5. The minimum Gasteiger partial charge on any atom is -0.395 e. The quantitative estimate of drug-likeness (QED) is 0.263. The normalized spacial score (nSPS) is 15.5. The third-order valence-electron chi connectivity index (χ3n) is 4.04. The van der Waals surface area contributed by atoms with Crippen LogP contribution in [0.4, 0.5) is 37.7 Å². The van der Waals surface area contributed by atoms with E-state index >= 15 is 0 Å². The zero-order valence-electron chi connectivity index (χ0n) is 14.4. The number of benzene rings is 1. The van der Waals surface area contributed by atoms with Crippen molar-refractivity contribution in [1.82, 2.24) is 4.90 Å². The van der Waals surface area contributed by atoms with Gasteiger partial charge in [0, 0.05) is 17.7 Å². The van der Waals surface area contributed by atoms with Gasteiger partial charge in [-0.3, -0.25) is 24.6 Å². The Kier molecular flexibility index (Phi) is 5.82. The lowest BCUT2D eigenvalue weighted by Crippen LogP contribution is -2.53. The van der Waals surface area contributed by atoms with E-state index in [9.17, 15) is 51.2 Å². The van der Waals surface area contributed by atoms with Crippen LogP contribution < -0.4 is 5.32 Å². The van der Waals surface area contributed by atoms with Crippen LogP contribution in [0.2, 0.25) is 0 Å². The highest BCUT2D eigenvalue weighted by Crippen LogP contribution is 2.51. The van der Waals surface area contributed by atoms with Crippen molar-refractivity contribution >= 4 is 23.2 Å². The zero-order valence-corrected chi connectivity index (χ0v) is 14.4. The summed E-state index contributed by atoms with van der Waals surface area (Å²) in [5.41, 5.74) is -9.87. The molecule has 1 aliphatic rings. The first-order valence-corrected chi connectivity index (χ1v) is 7.75. The molecule has 164 valence electrons. The molecule has 3 N–H and O–H groups in total. The number of imide groups is 1. The molecule has 0 aliphatic carbocycles. The number of amides is 2. The Morgan fingerprint density at radius 3 is 2.13 bits per heavy atom. The maximum absolute atomic E-state index is 13.0. The second-order valence-electron chi connectivity index (χ2n) is 5.90. The summed E-state index contributed by atoms with van der Waals surface area (Å²) < 4.78 is 77.9. The summed E-state index contributed by atoms with van der Waals surface area (Å²) in [6, 6.07) is 0.420. The summed E-state index contributed by atoms with van der Waals surface area (Å²) in [5.74, 6) is -1.94. The molecular weight excluding hydrogens is 432 g/mol. The van der Waals surface area contributed by atoms with Gasteiger partial charge in [0.2, 0.25) is 0 Å². The van der Waals surface area contributed by atoms with Crippen molar-refractivity contribution in [1.29, 1.82) is 0 Å². The second-order valence-corrected chi connectivity index (χ2v) is 5.90. The molecule has 1 heterocycles. The molecule has 1 aliphatic heterocycles. The number of nitro groups is 1. The molecule has 15 heteroatoms. The van der Waals surface area contributed by atoms with E-state index < -0.39 is 70.5 Å². The van der Waals surface area contributed by atoms with Gasteiger partial charge in [-0.1, -0.05) is 6.07 Å². The summed E-state index contributed by atoms with van der Waals surface area (Å²) >= 11 is 0. The lowest BCUT2D eigenvalue weighted by atomic mass is 9.91. The van der Waals surface area contributed by atoms with Gasteiger partial charge in [-0.2, -0.15) is 26.3 Å². The minimum absolute atomic E-state index is 0.142. The van der Waals surface area contributed by atoms with E-state index in [2.05, 4.69) is 5.32 Å². The molecule has 1 aromatic carbocycles. The Hall–Kier alpha value is -3.20. The fourth-order valence-corrected chi connectivity index (χ4v) is 2.56. The number of aliphatic hydroxyl groups is 2. The minimum atomic E-state index is -6.25. The average molecular weight is 443 g/mol. The molecular formula is C15H11F6N3O6. The monoisotopic (exact) mass is 443 g/mol. The van der Waals surface area contributed by atoms with Crippen molar-refractivity contribution in [3.63, 3.8) is 0 Å². The van der Waals surface area contributed by atoms with Crippen molar-refractivity contribution < 1.29 is 51.1 Å². The molecule has 0 radical (unpaired) electrons. The van der Waals surface area contributed by atoms with Crippen LogP contribution in [0.3, 0.4) is 0 Å². The number of rotatable bonds is 6. The standard InChI is InChI=1S/C15H11F6N3O6/c16-14(17,18)13(28,15(19,20)21)7-1-2-8(10(5-7)24(29)30)22-9-6-11(26)23(3-4-25)12(9)27/h1-2,5-6,22,25,28H,3-4H2. The third-order valence-corrected chi connectivity index (χ3v) is 4.04. The molecule has 2 rings (SSSR count). The number of aliphatic hydroxyl groups excluding tert-OH is 1. The van der Waals surface area contributed by atoms with Gasteiger partial charge in [-0.15, -0.1) is 0 Å². The highest BCUT2D eigenvalue weighted by Gasteiger charge is 2.71. The lowest BCUT2D eigenvalue weighted by Gasteiger charge is -2.32. The predicted molar refractivity (Wildman–Crippen MR) is 84.6 cm³/mol. The Bertz CT molecular complexity index is 912. The summed E-state index contributed by atoms with van der Waals surface area (Å²) in [4.78, 5) is 34.1. The number of β-amino-alcohol motifs (C(OH)–C–C–N with tert-alkyl or cyclic N) is 1. The van der Waals surface area contributed by atoms with Crippen LogP contribution >= 0.6 is 0 Å². The highest BCUT2D eigenvalue weighted by molar-refractivity contribution is 6.17. The van der Waals surface area contributed by atoms with Crippen molar-refractivity contribution in [3.05, 3.63) is 45.6 Å². The Morgan fingerprint density at radius 1 is 1.10 bits per heavy atom. The first-order valence-electron chi connectivity index (χ1n) is 7.75. The lowest BCUT2D eigenvalue weighted by molar-refractivity contribution is -0.386. The van der Waals surface area contributed by atoms with Crippen LogP contribution in [0.25, 0.3) is 0 Å². The van der Waals surface area contributed by atoms with Crippen molar-refractivity contribution in [2.75, 3.05) is 18.5 Å². The molecule has 0 saturated carbocycles. The van der Waals surface area contributed by atoms with Crippen LogP contribution in [0.15, 0.2) is 30.0 Å². The van der Waals surface area contributed by atoms with Gasteiger partial charge in [0.25, 0.3) is 23.1 Å². The van der Waals surface area contributed by atoms with Gasteiger partial charge in [-0.05, 0) is 6.07 Å². The highest BCUT2D eigenvalue weighted by atomic mass is 19.4. The molecule has 0 fully saturated rings. The van der Waals surface area contributed by atoms with Gasteiger partial charge >= 0.3 is 12.4 Å². The first kappa shape index (κ1) is 23.1. The van der Waals surface area contributed by atoms with E-state index in [4.69, 9.17) is 5.11 Å². The Labute approximate surface area is 162 Å². The molecule has 0 bridgehead atoms. The number of carbonyl (C=O) groups excluding carboxylic acids is 2. The molecule has 30 heavy (non-hydrogen) atoms. The largest absolute Gasteiger partial charge is 0.430 e. The van der Waals surface area contributed by atoms with Crippen LogP contribution in [-0.2, 0) is 15.2 Å². The van der Waals surface area contributed by atoms with E-state index in [1.807, 2.05) is 0 Å². The van der Waals surface area contributed by atoms with Crippen LogP contribution in [0.1, 0.15) is 5.56 Å². The molecule has 9 nitrogen and oxygen atoms in total. The van der Waals surface area contributed by atoms with E-state index in [0.717, 1.165) is 0 Å². The third kappa shape index (κ3) is 3.80. The molecule has 0 atom stereocenters. The maximum Gasteiger partial charge on any atom is 0.430 e. The maximum atomic E-state index is 13.0. The van der Waals surface area contributed by atoms with Gasteiger partial charge in [0.1, 0.15) is 11.4 Å². The van der Waals surface area contributed by atoms with Crippen molar-refractivity contribution in [2.24, 2.45) is 0 Å². The Balaban J connectivity index is 2.52. The number of nitrogens with one attached hydrogen (secondary N) is 1. The van der Waals surface area contributed by atoms with Gasteiger partial charge in [-0.25, -0.2) is 0 Å². The van der Waals surface area contributed by atoms with Crippen LogP contribution in [0.5, 0.6) is 0 Å². The van der Waals surface area contributed by atoms with E-state index in [-0.39, 0.29) is 12.1 Å². The van der Waals surface area contributed by atoms with Crippen molar-refractivity contribution in [2.45, 2.75) is 18.0 Å². The van der Waals surface area contributed by atoms with Gasteiger partial charge < -0.3 is 15.5 Å². The average Bonchev–Trinajstić information content (AvgIpc) is 2.87. The first-order chi connectivity index (χ1) is 13.6. The number of hydrogen-bond acceptors (Lipinski definition) is 7. The number of carbonyl (C=O) groups is 2. The number of nitrogens with zero attached hydrogens (tertiary/aromatic N) is 2. The smallest absolute Gasteiger partial charge is 0.395 e. The molecule has 2 amide bonds. The molecule has 0 saturated heterocycles. The SMILES string of the molecule is O=C1C=C(Nc2ccc(C(O)(C(F)(F)F)C(F)(F)F)cc2[N+](=O)[O-])C(=O)N1CCO. The van der Waals surface area contributed by atoms with Crippen molar-refractivity contribution in [3.8, 4) is 0 Å². The fourth-order valence-electron chi connectivity index (χ4n) is 2.56. The zero-order chi connectivity index (χ0) is 23.1. The second kappa shape index (κ2) is 7.56. The van der Waals surface area contributed by atoms with Gasteiger partial charge in [0.05, 0.1) is 18.1 Å². The summed E-state index contributed by atoms with van der Waals surface area (Å²) in [6.45, 7) is -1.01. The van der Waals surface area contributed by atoms with Crippen LogP contribution in [0, 0.1) is 10.1 Å². The number of halogens is 6. The summed E-state index contributed by atoms with van der Waals surface area (Å²) in [7, 11) is 0. The molecule has 0 unspecified atom stereocenters. The molecule has 0 spiro atoms. The number of alkyl halides is 6. The Morgan fingerprint density at radius 2 is 1.67 bits per heavy atom. The number of nitro benzene ring substituents is 1. The molecule has 1 aromatic rings. The fraction of sp³-hybridized carbons (Fsp3) is 0.333. The topological polar surface area (TPSA) is 133 Å². The predicted octanol–water partition coefficient (Wildman–Crippen LogP) is 1.56. The van der Waals surface area contributed by atoms with E-state index in [0.29, 0.717) is 17.0 Å².